The van der Waals surface area contributed by atoms with Crippen molar-refractivity contribution in [2.45, 2.75) is 64.6 Å². The van der Waals surface area contributed by atoms with E-state index in [4.69, 9.17) is 0 Å². The van der Waals surface area contributed by atoms with Gasteiger partial charge in [-0.1, -0.05) is 33.3 Å². The molecule has 1 aliphatic rings. The Labute approximate surface area is 130 Å². The second-order valence-corrected chi connectivity index (χ2v) is 6.63. The Morgan fingerprint density at radius 1 is 1.29 bits per heavy atom. The summed E-state index contributed by atoms with van der Waals surface area (Å²) in [5, 5.41) is 5.00. The topological polar surface area (TPSA) is 49.4 Å². The number of carbonyl (C=O) groups is 2. The Bertz CT molecular complexity index is 494. The van der Waals surface area contributed by atoms with Crippen LogP contribution in [0.5, 0.6) is 0 Å². The monoisotopic (exact) mass is 308 g/mol. The van der Waals surface area contributed by atoms with Gasteiger partial charge in [0.25, 0.3) is 0 Å². The average Bonchev–Trinajstić information content (AvgIpc) is 2.99. The molecule has 1 fully saturated rings. The number of thiophene rings is 1. The zero-order valence-corrected chi connectivity index (χ0v) is 13.8. The van der Waals surface area contributed by atoms with E-state index >= 15 is 0 Å². The number of amides is 2. The summed E-state index contributed by atoms with van der Waals surface area (Å²) in [6, 6.07) is 3.67. The van der Waals surface area contributed by atoms with Crippen molar-refractivity contribution in [2.75, 3.05) is 0 Å². The maximum Gasteiger partial charge on any atom is 0.249 e. The maximum atomic E-state index is 13.0. The number of piperazine rings is 1. The van der Waals surface area contributed by atoms with E-state index < -0.39 is 5.54 Å². The summed E-state index contributed by atoms with van der Waals surface area (Å²) in [5.74, 6) is 0.0654. The number of nitrogens with zero attached hydrogens (tertiary/aromatic N) is 1. The van der Waals surface area contributed by atoms with Crippen molar-refractivity contribution in [3.8, 4) is 0 Å². The SMILES string of the molecule is CCCC1C(=O)NC(CC)(CC)C(=O)N1Cc1cccs1. The molecule has 1 saturated heterocycles. The van der Waals surface area contributed by atoms with E-state index in [-0.39, 0.29) is 17.9 Å². The standard InChI is InChI=1S/C16H24N2O2S/c1-4-8-13-14(19)17-16(5-2,6-3)15(20)18(13)11-12-9-7-10-21-12/h7,9-10,13H,4-6,8,11H2,1-3H3,(H,17,19). The van der Waals surface area contributed by atoms with Gasteiger partial charge in [-0.2, -0.15) is 0 Å². The molecular weight excluding hydrogens is 284 g/mol. The van der Waals surface area contributed by atoms with Crippen LogP contribution < -0.4 is 5.32 Å². The predicted molar refractivity (Wildman–Crippen MR) is 85.0 cm³/mol. The van der Waals surface area contributed by atoms with Crippen LogP contribution in [0.3, 0.4) is 0 Å². The molecule has 0 spiro atoms. The predicted octanol–water partition coefficient (Wildman–Crippen LogP) is 2.93. The van der Waals surface area contributed by atoms with Crippen LogP contribution in [0.4, 0.5) is 0 Å². The highest BCUT2D eigenvalue weighted by molar-refractivity contribution is 7.09. The molecule has 1 N–H and O–H groups in total. The molecule has 0 aliphatic carbocycles. The molecule has 0 aromatic carbocycles. The Morgan fingerprint density at radius 2 is 2.00 bits per heavy atom. The third kappa shape index (κ3) is 2.98. The van der Waals surface area contributed by atoms with Crippen LogP contribution in [0.1, 0.15) is 51.3 Å². The minimum absolute atomic E-state index is 0.00305. The van der Waals surface area contributed by atoms with E-state index in [0.29, 0.717) is 25.8 Å². The lowest BCUT2D eigenvalue weighted by atomic mass is 9.86. The van der Waals surface area contributed by atoms with E-state index in [2.05, 4.69) is 5.32 Å². The average molecular weight is 308 g/mol. The molecule has 0 bridgehead atoms. The lowest BCUT2D eigenvalue weighted by Crippen LogP contribution is -2.69. The fraction of sp³-hybridized carbons (Fsp3) is 0.625. The molecule has 21 heavy (non-hydrogen) atoms. The largest absolute Gasteiger partial charge is 0.340 e. The molecule has 1 aliphatic heterocycles. The normalized spacial score (nSPS) is 21.5. The molecule has 1 atom stereocenters. The molecule has 4 nitrogen and oxygen atoms in total. The molecule has 0 radical (unpaired) electrons. The zero-order chi connectivity index (χ0) is 15.5. The fourth-order valence-electron chi connectivity index (χ4n) is 2.97. The van der Waals surface area contributed by atoms with Gasteiger partial charge in [-0.25, -0.2) is 0 Å². The summed E-state index contributed by atoms with van der Waals surface area (Å²) < 4.78 is 0. The molecule has 5 heteroatoms. The zero-order valence-electron chi connectivity index (χ0n) is 13.0. The summed E-state index contributed by atoms with van der Waals surface area (Å²) in [7, 11) is 0. The first-order chi connectivity index (χ1) is 10.1. The van der Waals surface area contributed by atoms with Gasteiger partial charge < -0.3 is 10.2 Å². The summed E-state index contributed by atoms with van der Waals surface area (Å²) in [4.78, 5) is 28.4. The van der Waals surface area contributed by atoms with E-state index in [9.17, 15) is 9.59 Å². The number of rotatable bonds is 6. The fourth-order valence-corrected chi connectivity index (χ4v) is 3.68. The summed E-state index contributed by atoms with van der Waals surface area (Å²) >= 11 is 1.63. The van der Waals surface area contributed by atoms with Crippen molar-refractivity contribution in [1.82, 2.24) is 10.2 Å². The van der Waals surface area contributed by atoms with Crippen molar-refractivity contribution in [3.05, 3.63) is 22.4 Å². The first-order valence-corrected chi connectivity index (χ1v) is 8.61. The van der Waals surface area contributed by atoms with Crippen LogP contribution >= 0.6 is 11.3 Å². The van der Waals surface area contributed by atoms with Crippen molar-refractivity contribution in [3.63, 3.8) is 0 Å². The van der Waals surface area contributed by atoms with E-state index in [0.717, 1.165) is 11.3 Å². The van der Waals surface area contributed by atoms with Crippen molar-refractivity contribution in [2.24, 2.45) is 0 Å². The molecule has 1 unspecified atom stereocenters. The van der Waals surface area contributed by atoms with Crippen LogP contribution in [0.15, 0.2) is 17.5 Å². The highest BCUT2D eigenvalue weighted by Gasteiger charge is 2.48. The molecule has 116 valence electrons. The molecule has 2 rings (SSSR count). The van der Waals surface area contributed by atoms with Gasteiger partial charge in [-0.05, 0) is 30.7 Å². The lowest BCUT2D eigenvalue weighted by Gasteiger charge is -2.45. The minimum Gasteiger partial charge on any atom is -0.340 e. The van der Waals surface area contributed by atoms with Gasteiger partial charge in [0.05, 0.1) is 6.54 Å². The van der Waals surface area contributed by atoms with Crippen molar-refractivity contribution < 1.29 is 9.59 Å². The molecular formula is C16H24N2O2S. The minimum atomic E-state index is -0.724. The summed E-state index contributed by atoms with van der Waals surface area (Å²) in [6.07, 6.45) is 2.87. The smallest absolute Gasteiger partial charge is 0.249 e. The van der Waals surface area contributed by atoms with Gasteiger partial charge in [0.2, 0.25) is 11.8 Å². The van der Waals surface area contributed by atoms with Crippen molar-refractivity contribution in [1.29, 1.82) is 0 Å². The quantitative estimate of drug-likeness (QED) is 0.878. The summed E-state index contributed by atoms with van der Waals surface area (Å²) in [5.41, 5.74) is -0.724. The van der Waals surface area contributed by atoms with Crippen LogP contribution in [0.2, 0.25) is 0 Å². The van der Waals surface area contributed by atoms with Gasteiger partial charge in [0.15, 0.2) is 0 Å². The first kappa shape index (κ1) is 16.0. The van der Waals surface area contributed by atoms with E-state index in [1.54, 1.807) is 16.2 Å². The van der Waals surface area contributed by atoms with Gasteiger partial charge in [0, 0.05) is 4.88 Å². The molecule has 0 saturated carbocycles. The lowest BCUT2D eigenvalue weighted by molar-refractivity contribution is -0.156. The molecule has 2 amide bonds. The Balaban J connectivity index is 2.32. The highest BCUT2D eigenvalue weighted by Crippen LogP contribution is 2.28. The van der Waals surface area contributed by atoms with Crippen LogP contribution in [0.25, 0.3) is 0 Å². The Morgan fingerprint density at radius 3 is 2.52 bits per heavy atom. The Kier molecular flexibility index (Phi) is 5.04. The number of hydrogen-bond donors (Lipinski definition) is 1. The van der Waals surface area contributed by atoms with Gasteiger partial charge in [-0.3, -0.25) is 9.59 Å². The second kappa shape index (κ2) is 6.60. The van der Waals surface area contributed by atoms with Gasteiger partial charge >= 0.3 is 0 Å². The van der Waals surface area contributed by atoms with Crippen LogP contribution in [-0.2, 0) is 16.1 Å². The number of nitrogens with one attached hydrogen (secondary N) is 1. The van der Waals surface area contributed by atoms with Crippen LogP contribution in [-0.4, -0.2) is 28.3 Å². The first-order valence-electron chi connectivity index (χ1n) is 7.73. The van der Waals surface area contributed by atoms with E-state index in [1.807, 2.05) is 38.3 Å². The van der Waals surface area contributed by atoms with Gasteiger partial charge in [0.1, 0.15) is 11.6 Å². The van der Waals surface area contributed by atoms with E-state index in [1.165, 1.54) is 0 Å². The molecule has 1 aromatic rings. The highest BCUT2D eigenvalue weighted by atomic mass is 32.1. The second-order valence-electron chi connectivity index (χ2n) is 5.60. The summed E-state index contributed by atoms with van der Waals surface area (Å²) in [6.45, 7) is 6.51. The van der Waals surface area contributed by atoms with Crippen LogP contribution in [0, 0.1) is 0 Å². The molecule has 1 aromatic heterocycles. The van der Waals surface area contributed by atoms with Gasteiger partial charge in [-0.15, -0.1) is 11.3 Å². The maximum absolute atomic E-state index is 13.0. The third-order valence-corrected chi connectivity index (χ3v) is 5.25. The van der Waals surface area contributed by atoms with Crippen molar-refractivity contribution >= 4 is 23.2 Å². The molecule has 2 heterocycles. The Hall–Kier alpha value is -1.36. The third-order valence-electron chi connectivity index (χ3n) is 4.39. The number of hydrogen-bond acceptors (Lipinski definition) is 3. The number of carbonyl (C=O) groups excluding carboxylic acids is 2.